The maximum absolute atomic E-state index is 4.02. The third-order valence-corrected chi connectivity index (χ3v) is 2.30. The third kappa shape index (κ3) is 3.43. The SMILES string of the molecule is c1ncn(CCNCCNC2CC2)n1. The van der Waals surface area contributed by atoms with Gasteiger partial charge in [-0.3, -0.25) is 4.68 Å². The van der Waals surface area contributed by atoms with Gasteiger partial charge in [-0.15, -0.1) is 0 Å². The lowest BCUT2D eigenvalue weighted by Gasteiger charge is -2.05. The zero-order valence-electron chi connectivity index (χ0n) is 8.32. The summed E-state index contributed by atoms with van der Waals surface area (Å²) in [5.41, 5.74) is 0. The second-order valence-electron chi connectivity index (χ2n) is 3.64. The molecular weight excluding hydrogens is 178 g/mol. The molecule has 0 aromatic carbocycles. The van der Waals surface area contributed by atoms with E-state index in [1.165, 1.54) is 12.8 Å². The molecule has 2 N–H and O–H groups in total. The summed E-state index contributed by atoms with van der Waals surface area (Å²) in [6, 6.07) is 0.812. The van der Waals surface area contributed by atoms with Crippen LogP contribution in [0.1, 0.15) is 12.8 Å². The van der Waals surface area contributed by atoms with E-state index >= 15 is 0 Å². The molecule has 1 aliphatic rings. The first-order valence-electron chi connectivity index (χ1n) is 5.21. The fourth-order valence-electron chi connectivity index (χ4n) is 1.32. The van der Waals surface area contributed by atoms with Gasteiger partial charge in [0.1, 0.15) is 12.7 Å². The number of aromatic nitrogens is 3. The van der Waals surface area contributed by atoms with E-state index in [9.17, 15) is 0 Å². The van der Waals surface area contributed by atoms with Crippen molar-refractivity contribution in [2.24, 2.45) is 0 Å². The maximum atomic E-state index is 4.02. The van der Waals surface area contributed by atoms with Crippen molar-refractivity contribution in [3.05, 3.63) is 12.7 Å². The Labute approximate surface area is 83.9 Å². The van der Waals surface area contributed by atoms with Crippen molar-refractivity contribution < 1.29 is 0 Å². The molecule has 1 saturated carbocycles. The Kier molecular flexibility index (Phi) is 3.48. The summed E-state index contributed by atoms with van der Waals surface area (Å²) in [7, 11) is 0. The summed E-state index contributed by atoms with van der Waals surface area (Å²) in [6.45, 7) is 3.95. The molecule has 5 nitrogen and oxygen atoms in total. The van der Waals surface area contributed by atoms with E-state index in [4.69, 9.17) is 0 Å². The molecule has 1 fully saturated rings. The zero-order valence-corrected chi connectivity index (χ0v) is 8.32. The molecule has 2 rings (SSSR count). The fraction of sp³-hybridized carbons (Fsp3) is 0.778. The van der Waals surface area contributed by atoms with E-state index in [0.717, 1.165) is 32.2 Å². The van der Waals surface area contributed by atoms with Crippen LogP contribution in [0.2, 0.25) is 0 Å². The Balaban J connectivity index is 1.43. The molecule has 1 heterocycles. The highest BCUT2D eigenvalue weighted by molar-refractivity contribution is 4.80. The number of hydrogen-bond acceptors (Lipinski definition) is 4. The zero-order chi connectivity index (χ0) is 9.64. The van der Waals surface area contributed by atoms with E-state index in [2.05, 4.69) is 20.7 Å². The van der Waals surface area contributed by atoms with E-state index in [1.54, 1.807) is 12.7 Å². The Hall–Kier alpha value is -0.940. The molecule has 1 aromatic heterocycles. The van der Waals surface area contributed by atoms with Gasteiger partial charge in [0.15, 0.2) is 0 Å². The molecule has 78 valence electrons. The summed E-state index contributed by atoms with van der Waals surface area (Å²) in [5.74, 6) is 0. The smallest absolute Gasteiger partial charge is 0.137 e. The Morgan fingerprint density at radius 3 is 2.93 bits per heavy atom. The molecule has 0 unspecified atom stereocenters. The van der Waals surface area contributed by atoms with Crippen LogP contribution in [0.4, 0.5) is 0 Å². The van der Waals surface area contributed by atoms with Crippen LogP contribution >= 0.6 is 0 Å². The van der Waals surface area contributed by atoms with E-state index < -0.39 is 0 Å². The van der Waals surface area contributed by atoms with E-state index in [-0.39, 0.29) is 0 Å². The van der Waals surface area contributed by atoms with Gasteiger partial charge in [-0.1, -0.05) is 0 Å². The van der Waals surface area contributed by atoms with Gasteiger partial charge >= 0.3 is 0 Å². The van der Waals surface area contributed by atoms with Crippen molar-refractivity contribution in [2.45, 2.75) is 25.4 Å². The number of nitrogens with one attached hydrogen (secondary N) is 2. The van der Waals surface area contributed by atoms with Crippen LogP contribution in [0.15, 0.2) is 12.7 Å². The van der Waals surface area contributed by atoms with Gasteiger partial charge < -0.3 is 10.6 Å². The molecular formula is C9H17N5. The minimum atomic E-state index is 0.812. The molecule has 0 saturated heterocycles. The van der Waals surface area contributed by atoms with Gasteiger partial charge in [0.05, 0.1) is 6.54 Å². The second-order valence-corrected chi connectivity index (χ2v) is 3.64. The lowest BCUT2D eigenvalue weighted by Crippen LogP contribution is -2.30. The van der Waals surface area contributed by atoms with Gasteiger partial charge in [-0.2, -0.15) is 5.10 Å². The first-order chi connectivity index (χ1) is 6.95. The molecule has 1 aliphatic carbocycles. The lowest BCUT2D eigenvalue weighted by atomic mass is 10.5. The highest BCUT2D eigenvalue weighted by atomic mass is 15.3. The maximum Gasteiger partial charge on any atom is 0.137 e. The van der Waals surface area contributed by atoms with Crippen molar-refractivity contribution in [2.75, 3.05) is 19.6 Å². The van der Waals surface area contributed by atoms with Crippen LogP contribution in [-0.4, -0.2) is 40.4 Å². The largest absolute Gasteiger partial charge is 0.314 e. The van der Waals surface area contributed by atoms with Crippen molar-refractivity contribution in [1.29, 1.82) is 0 Å². The second kappa shape index (κ2) is 5.07. The fourth-order valence-corrected chi connectivity index (χ4v) is 1.32. The molecule has 14 heavy (non-hydrogen) atoms. The first-order valence-corrected chi connectivity index (χ1v) is 5.21. The number of hydrogen-bond donors (Lipinski definition) is 2. The molecule has 0 amide bonds. The van der Waals surface area contributed by atoms with Crippen LogP contribution in [0, 0.1) is 0 Å². The van der Waals surface area contributed by atoms with E-state index in [1.807, 2.05) is 4.68 Å². The summed E-state index contributed by atoms with van der Waals surface area (Å²) in [6.07, 6.45) is 6.02. The Morgan fingerprint density at radius 2 is 2.21 bits per heavy atom. The average Bonchev–Trinajstić information content (AvgIpc) is 2.87. The lowest BCUT2D eigenvalue weighted by molar-refractivity contribution is 0.539. The van der Waals surface area contributed by atoms with Crippen molar-refractivity contribution in [3.63, 3.8) is 0 Å². The van der Waals surface area contributed by atoms with Crippen LogP contribution in [-0.2, 0) is 6.54 Å². The van der Waals surface area contributed by atoms with Gasteiger partial charge in [0.25, 0.3) is 0 Å². The van der Waals surface area contributed by atoms with Crippen LogP contribution in [0.25, 0.3) is 0 Å². The molecule has 0 atom stereocenters. The number of nitrogens with zero attached hydrogens (tertiary/aromatic N) is 3. The van der Waals surface area contributed by atoms with Crippen molar-refractivity contribution >= 4 is 0 Å². The minimum Gasteiger partial charge on any atom is -0.314 e. The molecule has 0 spiro atoms. The van der Waals surface area contributed by atoms with E-state index in [0.29, 0.717) is 0 Å². The third-order valence-electron chi connectivity index (χ3n) is 2.30. The van der Waals surface area contributed by atoms with Crippen LogP contribution in [0.3, 0.4) is 0 Å². The molecule has 0 bridgehead atoms. The molecule has 5 heteroatoms. The quantitative estimate of drug-likeness (QED) is 0.582. The highest BCUT2D eigenvalue weighted by Gasteiger charge is 2.19. The predicted octanol–water partition coefficient (Wildman–Crippen LogP) is -0.380. The van der Waals surface area contributed by atoms with Crippen LogP contribution in [0.5, 0.6) is 0 Å². The summed E-state index contributed by atoms with van der Waals surface area (Å²) >= 11 is 0. The minimum absolute atomic E-state index is 0.812. The van der Waals surface area contributed by atoms with Crippen molar-refractivity contribution in [1.82, 2.24) is 25.4 Å². The first kappa shape index (κ1) is 9.61. The van der Waals surface area contributed by atoms with Gasteiger partial charge in [0, 0.05) is 25.7 Å². The Bertz CT molecular complexity index is 242. The summed E-state index contributed by atoms with van der Waals surface area (Å²) < 4.78 is 1.83. The molecule has 1 aromatic rings. The standard InChI is InChI=1S/C9H17N5/c1-2-9(1)12-4-3-10-5-6-14-8-11-7-13-14/h7-10,12H,1-6H2. The summed E-state index contributed by atoms with van der Waals surface area (Å²) in [5, 5.41) is 10.8. The molecule has 0 radical (unpaired) electrons. The topological polar surface area (TPSA) is 54.8 Å². The average molecular weight is 195 g/mol. The van der Waals surface area contributed by atoms with Gasteiger partial charge in [-0.05, 0) is 12.8 Å². The predicted molar refractivity (Wildman–Crippen MR) is 53.9 cm³/mol. The summed E-state index contributed by atoms with van der Waals surface area (Å²) in [4.78, 5) is 3.88. The van der Waals surface area contributed by atoms with Crippen molar-refractivity contribution in [3.8, 4) is 0 Å². The normalized spacial score (nSPS) is 16.0. The van der Waals surface area contributed by atoms with Crippen LogP contribution < -0.4 is 10.6 Å². The molecule has 0 aliphatic heterocycles. The Morgan fingerprint density at radius 1 is 1.29 bits per heavy atom. The van der Waals surface area contributed by atoms with Gasteiger partial charge in [-0.25, -0.2) is 4.98 Å². The number of rotatable bonds is 7. The monoisotopic (exact) mass is 195 g/mol. The van der Waals surface area contributed by atoms with Gasteiger partial charge in [0.2, 0.25) is 0 Å². The highest BCUT2D eigenvalue weighted by Crippen LogP contribution is 2.17.